The first-order valence-corrected chi connectivity index (χ1v) is 3.65. The van der Waals surface area contributed by atoms with E-state index in [-0.39, 0.29) is 0 Å². The molecule has 0 amide bonds. The van der Waals surface area contributed by atoms with Crippen LogP contribution in [0, 0.1) is 12.3 Å². The van der Waals surface area contributed by atoms with Crippen molar-refractivity contribution >= 4 is 0 Å². The summed E-state index contributed by atoms with van der Waals surface area (Å²) in [5.41, 5.74) is -0.948. The highest BCUT2D eigenvalue weighted by Crippen LogP contribution is 2.19. The monoisotopic (exact) mass is 136 g/mol. The predicted molar refractivity (Wildman–Crippen MR) is 41.4 cm³/mol. The van der Waals surface area contributed by atoms with Gasteiger partial charge in [0, 0.05) is 0 Å². The van der Waals surface area contributed by atoms with E-state index in [0.29, 0.717) is 6.42 Å². The average Bonchev–Trinajstić information content (AvgIpc) is 2.15. The molecule has 1 heteroatoms. The van der Waals surface area contributed by atoms with Crippen molar-refractivity contribution < 1.29 is 5.11 Å². The van der Waals surface area contributed by atoms with Crippen LogP contribution in [0.5, 0.6) is 0 Å². The lowest BCUT2D eigenvalue weighted by atomic mass is 10.00. The van der Waals surface area contributed by atoms with Gasteiger partial charge >= 0.3 is 0 Å². The van der Waals surface area contributed by atoms with Crippen LogP contribution in [0.3, 0.4) is 0 Å². The summed E-state index contributed by atoms with van der Waals surface area (Å²) in [6.45, 7) is 0. The van der Waals surface area contributed by atoms with E-state index in [1.807, 2.05) is 6.08 Å². The molecule has 0 aliphatic heterocycles. The third-order valence-corrected chi connectivity index (χ3v) is 1.82. The first kappa shape index (κ1) is 7.37. The predicted octanol–water partition coefficient (Wildman–Crippen LogP) is 1.48. The molecule has 1 rings (SSSR count). The van der Waals surface area contributed by atoms with Crippen LogP contribution >= 0.6 is 0 Å². The molecule has 0 aromatic rings. The summed E-state index contributed by atoms with van der Waals surface area (Å²) in [5, 5.41) is 9.54. The topological polar surface area (TPSA) is 20.2 Å². The van der Waals surface area contributed by atoms with E-state index < -0.39 is 5.60 Å². The Bertz CT molecular complexity index is 176. The molecule has 0 saturated heterocycles. The molecule has 10 heavy (non-hydrogen) atoms. The summed E-state index contributed by atoms with van der Waals surface area (Å²) in [7, 11) is 0. The summed E-state index contributed by atoms with van der Waals surface area (Å²) < 4.78 is 0. The molecule has 54 valence electrons. The summed E-state index contributed by atoms with van der Waals surface area (Å²) in [6.07, 6.45) is 12.8. The van der Waals surface area contributed by atoms with Crippen molar-refractivity contribution in [1.82, 2.24) is 0 Å². The van der Waals surface area contributed by atoms with Crippen LogP contribution in [-0.2, 0) is 0 Å². The average molecular weight is 136 g/mol. The summed E-state index contributed by atoms with van der Waals surface area (Å²) >= 11 is 0. The Morgan fingerprint density at radius 2 is 2.30 bits per heavy atom. The van der Waals surface area contributed by atoms with Gasteiger partial charge in [0.2, 0.25) is 0 Å². The van der Waals surface area contributed by atoms with Crippen LogP contribution in [0.4, 0.5) is 0 Å². The molecule has 0 aromatic carbocycles. The zero-order valence-electron chi connectivity index (χ0n) is 6.01. The highest BCUT2D eigenvalue weighted by molar-refractivity contribution is 5.19. The number of rotatable bonds is 0. The first-order valence-electron chi connectivity index (χ1n) is 3.65. The second kappa shape index (κ2) is 2.90. The van der Waals surface area contributed by atoms with Crippen molar-refractivity contribution in [3.8, 4) is 12.3 Å². The van der Waals surface area contributed by atoms with Crippen LogP contribution in [0.1, 0.15) is 25.7 Å². The van der Waals surface area contributed by atoms with Gasteiger partial charge in [-0.1, -0.05) is 12.0 Å². The number of aliphatic hydroxyl groups is 1. The van der Waals surface area contributed by atoms with Gasteiger partial charge in [-0.3, -0.25) is 0 Å². The molecule has 0 heterocycles. The van der Waals surface area contributed by atoms with E-state index in [2.05, 4.69) is 5.92 Å². The van der Waals surface area contributed by atoms with Crippen molar-refractivity contribution in [2.24, 2.45) is 0 Å². The molecule has 0 saturated carbocycles. The molecule has 0 spiro atoms. The van der Waals surface area contributed by atoms with E-state index in [9.17, 15) is 5.11 Å². The molecule has 0 bridgehead atoms. The van der Waals surface area contributed by atoms with Crippen LogP contribution in [-0.4, -0.2) is 10.7 Å². The summed E-state index contributed by atoms with van der Waals surface area (Å²) in [6, 6.07) is 0. The second-order valence-electron chi connectivity index (χ2n) is 2.72. The molecule has 1 unspecified atom stereocenters. The third-order valence-electron chi connectivity index (χ3n) is 1.82. The standard InChI is InChI=1S/C9H12O/c1-2-9(10)7-5-3-4-6-8-9/h1,5,7,10H,3-4,6,8H2. The van der Waals surface area contributed by atoms with Gasteiger partial charge in [0.25, 0.3) is 0 Å². The second-order valence-corrected chi connectivity index (χ2v) is 2.72. The minimum absolute atomic E-state index is 0.708. The molecule has 1 atom stereocenters. The molecule has 1 aliphatic rings. The summed E-state index contributed by atoms with van der Waals surface area (Å²) in [4.78, 5) is 0. The number of hydrogen-bond donors (Lipinski definition) is 1. The van der Waals surface area contributed by atoms with E-state index in [4.69, 9.17) is 6.42 Å². The maximum Gasteiger partial charge on any atom is 0.143 e. The lowest BCUT2D eigenvalue weighted by Crippen LogP contribution is -2.21. The van der Waals surface area contributed by atoms with Crippen LogP contribution < -0.4 is 0 Å². The van der Waals surface area contributed by atoms with Gasteiger partial charge in [-0.2, -0.15) is 0 Å². The van der Waals surface area contributed by atoms with Crippen molar-refractivity contribution in [1.29, 1.82) is 0 Å². The third kappa shape index (κ3) is 1.62. The molecule has 0 fully saturated rings. The largest absolute Gasteiger partial charge is 0.374 e. The fourth-order valence-corrected chi connectivity index (χ4v) is 1.14. The summed E-state index contributed by atoms with van der Waals surface area (Å²) in [5.74, 6) is 2.39. The number of allylic oxidation sites excluding steroid dienone is 1. The molecular formula is C9H12O. The fourth-order valence-electron chi connectivity index (χ4n) is 1.14. The quantitative estimate of drug-likeness (QED) is 0.395. The number of terminal acetylenes is 1. The SMILES string of the molecule is C#CC1(O)C=CCCCC1. The Hall–Kier alpha value is -0.740. The van der Waals surface area contributed by atoms with E-state index in [1.165, 1.54) is 0 Å². The van der Waals surface area contributed by atoms with Crippen LogP contribution in [0.25, 0.3) is 0 Å². The van der Waals surface area contributed by atoms with Gasteiger partial charge in [-0.15, -0.1) is 6.42 Å². The Balaban J connectivity index is 2.67. The van der Waals surface area contributed by atoms with E-state index in [1.54, 1.807) is 6.08 Å². The fraction of sp³-hybridized carbons (Fsp3) is 0.556. The van der Waals surface area contributed by atoms with E-state index in [0.717, 1.165) is 19.3 Å². The van der Waals surface area contributed by atoms with Gasteiger partial charge in [-0.05, 0) is 31.8 Å². The Kier molecular flexibility index (Phi) is 2.13. The number of hydrogen-bond acceptors (Lipinski definition) is 1. The Morgan fingerprint density at radius 3 is 3.00 bits per heavy atom. The Morgan fingerprint density at radius 1 is 1.50 bits per heavy atom. The lowest BCUT2D eigenvalue weighted by molar-refractivity contribution is 0.142. The van der Waals surface area contributed by atoms with Crippen molar-refractivity contribution in [2.75, 3.05) is 0 Å². The molecule has 0 aromatic heterocycles. The maximum absolute atomic E-state index is 9.54. The molecule has 1 aliphatic carbocycles. The Labute approximate surface area is 61.8 Å². The van der Waals surface area contributed by atoms with Gasteiger partial charge in [0.15, 0.2) is 0 Å². The highest BCUT2D eigenvalue weighted by Gasteiger charge is 2.20. The minimum atomic E-state index is -0.948. The molecule has 1 nitrogen and oxygen atoms in total. The van der Waals surface area contributed by atoms with Crippen molar-refractivity contribution in [3.63, 3.8) is 0 Å². The first-order chi connectivity index (χ1) is 4.77. The van der Waals surface area contributed by atoms with Crippen molar-refractivity contribution in [2.45, 2.75) is 31.3 Å². The van der Waals surface area contributed by atoms with Crippen LogP contribution in [0.2, 0.25) is 0 Å². The van der Waals surface area contributed by atoms with Crippen molar-refractivity contribution in [3.05, 3.63) is 12.2 Å². The zero-order valence-corrected chi connectivity index (χ0v) is 6.01. The minimum Gasteiger partial charge on any atom is -0.374 e. The lowest BCUT2D eigenvalue weighted by Gasteiger charge is -2.14. The molecular weight excluding hydrogens is 124 g/mol. The smallest absolute Gasteiger partial charge is 0.143 e. The van der Waals surface area contributed by atoms with Gasteiger partial charge < -0.3 is 5.11 Å². The highest BCUT2D eigenvalue weighted by atomic mass is 16.3. The van der Waals surface area contributed by atoms with Gasteiger partial charge in [-0.25, -0.2) is 0 Å². The molecule has 1 N–H and O–H groups in total. The van der Waals surface area contributed by atoms with Crippen LogP contribution in [0.15, 0.2) is 12.2 Å². The normalized spacial score (nSPS) is 32.8. The van der Waals surface area contributed by atoms with Gasteiger partial charge in [0.05, 0.1) is 0 Å². The van der Waals surface area contributed by atoms with E-state index >= 15 is 0 Å². The van der Waals surface area contributed by atoms with Gasteiger partial charge in [0.1, 0.15) is 5.60 Å². The maximum atomic E-state index is 9.54. The zero-order chi connectivity index (χ0) is 7.45. The molecule has 0 radical (unpaired) electrons.